The predicted molar refractivity (Wildman–Crippen MR) is 75.7 cm³/mol. The lowest BCUT2D eigenvalue weighted by Crippen LogP contribution is -2.56. The first-order valence-electron chi connectivity index (χ1n) is 7.82. The van der Waals surface area contributed by atoms with Crippen LogP contribution in [0.1, 0.15) is 45.4 Å². The third-order valence-electron chi connectivity index (χ3n) is 4.66. The van der Waals surface area contributed by atoms with Gasteiger partial charge in [-0.2, -0.15) is 5.26 Å². The molecule has 2 rings (SSSR count). The highest BCUT2D eigenvalue weighted by molar-refractivity contribution is 4.94. The minimum absolute atomic E-state index is 0.0865. The lowest BCUT2D eigenvalue weighted by molar-refractivity contribution is -0.00748. The maximum absolute atomic E-state index is 10.1. The van der Waals surface area contributed by atoms with E-state index in [0.29, 0.717) is 6.04 Å². The SMILES string of the molecule is CCCC(C#N)N1CCN(C2CCCCC2O)CC1. The van der Waals surface area contributed by atoms with Crippen molar-refractivity contribution in [3.8, 4) is 6.07 Å². The Morgan fingerprint density at radius 3 is 2.47 bits per heavy atom. The monoisotopic (exact) mass is 265 g/mol. The van der Waals surface area contributed by atoms with Crippen LogP contribution >= 0.6 is 0 Å². The number of nitrogens with zero attached hydrogens (tertiary/aromatic N) is 3. The molecule has 0 radical (unpaired) electrons. The molecule has 2 fully saturated rings. The summed E-state index contributed by atoms with van der Waals surface area (Å²) in [6.07, 6.45) is 6.42. The molecule has 0 aromatic rings. The van der Waals surface area contributed by atoms with Crippen molar-refractivity contribution in [2.75, 3.05) is 26.2 Å². The fourth-order valence-electron chi connectivity index (χ4n) is 3.50. The van der Waals surface area contributed by atoms with Gasteiger partial charge in [0.1, 0.15) is 0 Å². The number of nitriles is 1. The van der Waals surface area contributed by atoms with Gasteiger partial charge in [0, 0.05) is 32.2 Å². The van der Waals surface area contributed by atoms with Crippen LogP contribution in [0.5, 0.6) is 0 Å². The van der Waals surface area contributed by atoms with Gasteiger partial charge in [0.05, 0.1) is 18.2 Å². The lowest BCUT2D eigenvalue weighted by Gasteiger charge is -2.43. The Bertz CT molecular complexity index is 307. The van der Waals surface area contributed by atoms with Crippen molar-refractivity contribution in [1.29, 1.82) is 5.26 Å². The molecule has 0 bridgehead atoms. The van der Waals surface area contributed by atoms with Crippen LogP contribution in [-0.2, 0) is 0 Å². The Labute approximate surface area is 117 Å². The lowest BCUT2D eigenvalue weighted by atomic mass is 9.91. The molecule has 2 aliphatic rings. The molecule has 0 spiro atoms. The highest BCUT2D eigenvalue weighted by Gasteiger charge is 2.32. The van der Waals surface area contributed by atoms with E-state index in [2.05, 4.69) is 22.8 Å². The van der Waals surface area contributed by atoms with Gasteiger partial charge in [-0.3, -0.25) is 9.80 Å². The molecule has 0 aromatic carbocycles. The molecule has 0 aromatic heterocycles. The summed E-state index contributed by atoms with van der Waals surface area (Å²) in [5.41, 5.74) is 0. The van der Waals surface area contributed by atoms with Gasteiger partial charge in [-0.15, -0.1) is 0 Å². The van der Waals surface area contributed by atoms with Crippen molar-refractivity contribution in [2.24, 2.45) is 0 Å². The van der Waals surface area contributed by atoms with E-state index < -0.39 is 0 Å². The Morgan fingerprint density at radius 2 is 1.89 bits per heavy atom. The standard InChI is InChI=1S/C15H27N3O/c1-2-5-13(12-16)17-8-10-18(11-9-17)14-6-3-4-7-15(14)19/h13-15,19H,2-11H2,1H3. The van der Waals surface area contributed by atoms with Crippen LogP contribution in [0, 0.1) is 11.3 Å². The summed E-state index contributed by atoms with van der Waals surface area (Å²) in [6.45, 7) is 6.09. The first kappa shape index (κ1) is 14.8. The quantitative estimate of drug-likeness (QED) is 0.839. The van der Waals surface area contributed by atoms with E-state index in [9.17, 15) is 10.4 Å². The minimum atomic E-state index is -0.136. The Balaban J connectivity index is 1.83. The largest absolute Gasteiger partial charge is 0.391 e. The molecule has 4 heteroatoms. The fraction of sp³-hybridized carbons (Fsp3) is 0.933. The van der Waals surface area contributed by atoms with Crippen molar-refractivity contribution >= 4 is 0 Å². The number of hydrogen-bond acceptors (Lipinski definition) is 4. The van der Waals surface area contributed by atoms with Crippen LogP contribution in [0.4, 0.5) is 0 Å². The van der Waals surface area contributed by atoms with Crippen LogP contribution in [-0.4, -0.2) is 59.3 Å². The fourth-order valence-corrected chi connectivity index (χ4v) is 3.50. The van der Waals surface area contributed by atoms with Crippen molar-refractivity contribution in [2.45, 2.75) is 63.6 Å². The van der Waals surface area contributed by atoms with E-state index in [1.807, 2.05) is 0 Å². The zero-order valence-electron chi connectivity index (χ0n) is 12.1. The Kier molecular flexibility index (Phi) is 5.62. The van der Waals surface area contributed by atoms with Gasteiger partial charge in [0.25, 0.3) is 0 Å². The molecule has 3 unspecified atom stereocenters. The minimum Gasteiger partial charge on any atom is -0.391 e. The topological polar surface area (TPSA) is 50.5 Å². The second-order valence-corrected chi connectivity index (χ2v) is 5.92. The van der Waals surface area contributed by atoms with Crippen LogP contribution in [0.25, 0.3) is 0 Å². The smallest absolute Gasteiger partial charge is 0.0978 e. The number of aliphatic hydroxyl groups is 1. The molecule has 19 heavy (non-hydrogen) atoms. The summed E-state index contributed by atoms with van der Waals surface area (Å²) < 4.78 is 0. The van der Waals surface area contributed by atoms with Gasteiger partial charge < -0.3 is 5.11 Å². The third-order valence-corrected chi connectivity index (χ3v) is 4.66. The Hall–Kier alpha value is -0.630. The summed E-state index contributed by atoms with van der Waals surface area (Å²) in [5.74, 6) is 0. The molecule has 1 heterocycles. The number of piperazine rings is 1. The van der Waals surface area contributed by atoms with Crippen LogP contribution in [0.15, 0.2) is 0 Å². The van der Waals surface area contributed by atoms with Crippen molar-refractivity contribution in [3.05, 3.63) is 0 Å². The molecule has 1 saturated heterocycles. The Morgan fingerprint density at radius 1 is 1.21 bits per heavy atom. The molecule has 4 nitrogen and oxygen atoms in total. The van der Waals surface area contributed by atoms with Gasteiger partial charge in [0.15, 0.2) is 0 Å². The average Bonchev–Trinajstić information content (AvgIpc) is 2.46. The highest BCUT2D eigenvalue weighted by Crippen LogP contribution is 2.24. The molecule has 1 N–H and O–H groups in total. The van der Waals surface area contributed by atoms with Crippen molar-refractivity contribution in [1.82, 2.24) is 9.80 Å². The van der Waals surface area contributed by atoms with Gasteiger partial charge in [-0.05, 0) is 19.3 Å². The zero-order valence-corrected chi connectivity index (χ0v) is 12.1. The normalized spacial score (nSPS) is 31.8. The first-order valence-corrected chi connectivity index (χ1v) is 7.82. The maximum Gasteiger partial charge on any atom is 0.0978 e. The molecular weight excluding hydrogens is 238 g/mol. The van der Waals surface area contributed by atoms with Crippen LogP contribution in [0.3, 0.4) is 0 Å². The first-order chi connectivity index (χ1) is 9.26. The zero-order chi connectivity index (χ0) is 13.7. The summed E-state index contributed by atoms with van der Waals surface area (Å²) in [5, 5.41) is 19.3. The summed E-state index contributed by atoms with van der Waals surface area (Å²) in [6, 6.07) is 2.88. The molecule has 108 valence electrons. The second-order valence-electron chi connectivity index (χ2n) is 5.92. The maximum atomic E-state index is 10.1. The van der Waals surface area contributed by atoms with Crippen molar-refractivity contribution < 1.29 is 5.11 Å². The number of hydrogen-bond donors (Lipinski definition) is 1. The molecule has 1 aliphatic carbocycles. The third kappa shape index (κ3) is 3.68. The van der Waals surface area contributed by atoms with Gasteiger partial charge in [0.2, 0.25) is 0 Å². The van der Waals surface area contributed by atoms with E-state index in [1.54, 1.807) is 0 Å². The van der Waals surface area contributed by atoms with E-state index >= 15 is 0 Å². The summed E-state index contributed by atoms with van der Waals surface area (Å²) in [7, 11) is 0. The van der Waals surface area contributed by atoms with Gasteiger partial charge in [-0.1, -0.05) is 26.2 Å². The van der Waals surface area contributed by atoms with E-state index in [1.165, 1.54) is 12.8 Å². The van der Waals surface area contributed by atoms with Crippen LogP contribution in [0.2, 0.25) is 0 Å². The molecule has 1 saturated carbocycles. The summed E-state index contributed by atoms with van der Waals surface area (Å²) >= 11 is 0. The molecular formula is C15H27N3O. The van der Waals surface area contributed by atoms with Crippen molar-refractivity contribution in [3.63, 3.8) is 0 Å². The van der Waals surface area contributed by atoms with E-state index in [4.69, 9.17) is 0 Å². The predicted octanol–water partition coefficient (Wildman–Crippen LogP) is 1.60. The number of aliphatic hydroxyl groups excluding tert-OH is 1. The van der Waals surface area contributed by atoms with E-state index in [0.717, 1.165) is 51.9 Å². The molecule has 0 amide bonds. The van der Waals surface area contributed by atoms with Gasteiger partial charge in [-0.25, -0.2) is 0 Å². The number of rotatable bonds is 4. The van der Waals surface area contributed by atoms with Gasteiger partial charge >= 0.3 is 0 Å². The molecule has 1 aliphatic heterocycles. The average molecular weight is 265 g/mol. The highest BCUT2D eigenvalue weighted by atomic mass is 16.3. The summed E-state index contributed by atoms with van der Waals surface area (Å²) in [4.78, 5) is 4.76. The second kappa shape index (κ2) is 7.23. The van der Waals surface area contributed by atoms with Crippen LogP contribution < -0.4 is 0 Å². The molecule has 3 atom stereocenters. The van der Waals surface area contributed by atoms with E-state index in [-0.39, 0.29) is 12.1 Å².